The second-order valence-electron chi connectivity index (χ2n) is 10.2. The first-order valence-electron chi connectivity index (χ1n) is 12.2. The molecular weight excluding hydrogens is 442 g/mol. The Morgan fingerprint density at radius 2 is 1.08 bits per heavy atom. The van der Waals surface area contributed by atoms with Crippen LogP contribution in [0.15, 0.2) is 103 Å². The van der Waals surface area contributed by atoms with Crippen LogP contribution in [0.25, 0.3) is 54.6 Å². The summed E-state index contributed by atoms with van der Waals surface area (Å²) in [5.41, 5.74) is 6.39. The number of hydrogen-bond acceptors (Lipinski definition) is 2. The SMILES string of the molecule is CC1(C)c2cc(-c3ccccc3[N+](=O)[O-])ccc2-c2cc3c4ccccc4c4ccccc4c3cc21. The minimum Gasteiger partial charge on any atom is -0.258 e. The van der Waals surface area contributed by atoms with Crippen LogP contribution in [-0.4, -0.2) is 4.92 Å². The van der Waals surface area contributed by atoms with Gasteiger partial charge in [-0.15, -0.1) is 0 Å². The first kappa shape index (κ1) is 20.8. The second-order valence-corrected chi connectivity index (χ2v) is 10.2. The Labute approximate surface area is 208 Å². The van der Waals surface area contributed by atoms with Crippen molar-refractivity contribution in [2.24, 2.45) is 0 Å². The molecule has 3 heteroatoms. The fourth-order valence-corrected chi connectivity index (χ4v) is 6.18. The van der Waals surface area contributed by atoms with Crippen molar-refractivity contribution < 1.29 is 4.92 Å². The van der Waals surface area contributed by atoms with E-state index in [1.807, 2.05) is 18.2 Å². The van der Waals surface area contributed by atoms with Gasteiger partial charge in [-0.05, 0) is 84.4 Å². The normalized spacial score (nSPS) is 13.7. The fourth-order valence-electron chi connectivity index (χ4n) is 6.18. The zero-order valence-electron chi connectivity index (χ0n) is 20.1. The Bertz CT molecular complexity index is 1900. The summed E-state index contributed by atoms with van der Waals surface area (Å²) in [5.74, 6) is 0. The Morgan fingerprint density at radius 3 is 1.72 bits per heavy atom. The molecule has 0 atom stereocenters. The Kier molecular flexibility index (Phi) is 4.20. The van der Waals surface area contributed by atoms with Crippen molar-refractivity contribution in [2.75, 3.05) is 0 Å². The molecule has 7 rings (SSSR count). The molecule has 0 radical (unpaired) electrons. The number of benzene rings is 6. The zero-order chi connectivity index (χ0) is 24.6. The van der Waals surface area contributed by atoms with Gasteiger partial charge in [-0.25, -0.2) is 0 Å². The number of hydrogen-bond donors (Lipinski definition) is 0. The molecule has 1 aliphatic carbocycles. The number of para-hydroxylation sites is 1. The summed E-state index contributed by atoms with van der Waals surface area (Å²) < 4.78 is 0. The molecule has 36 heavy (non-hydrogen) atoms. The Hall–Kier alpha value is -4.50. The molecule has 0 aliphatic heterocycles. The maximum Gasteiger partial charge on any atom is 0.277 e. The van der Waals surface area contributed by atoms with Gasteiger partial charge in [0.1, 0.15) is 0 Å². The lowest BCUT2D eigenvalue weighted by molar-refractivity contribution is -0.384. The van der Waals surface area contributed by atoms with Crippen molar-refractivity contribution in [1.82, 2.24) is 0 Å². The van der Waals surface area contributed by atoms with Crippen molar-refractivity contribution >= 4 is 38.0 Å². The van der Waals surface area contributed by atoms with E-state index in [0.29, 0.717) is 5.56 Å². The molecule has 0 amide bonds. The average molecular weight is 466 g/mol. The molecule has 6 aromatic rings. The van der Waals surface area contributed by atoms with Gasteiger partial charge in [-0.3, -0.25) is 10.1 Å². The second kappa shape index (κ2) is 7.25. The van der Waals surface area contributed by atoms with Crippen LogP contribution in [0, 0.1) is 10.1 Å². The summed E-state index contributed by atoms with van der Waals surface area (Å²) in [7, 11) is 0. The molecule has 6 aromatic carbocycles. The standard InChI is InChI=1S/C33H23NO2/c1-33(2)30-17-20(21-9-7-8-14-32(21)34(35)36)15-16-26(30)29-18-27-24-12-5-3-10-22(24)23-11-4-6-13-25(23)28(27)19-31(29)33/h3-19H,1-2H3. The number of nitro benzene ring substituents is 1. The molecule has 172 valence electrons. The molecule has 0 heterocycles. The molecule has 0 spiro atoms. The summed E-state index contributed by atoms with van der Waals surface area (Å²) in [4.78, 5) is 11.4. The molecule has 0 unspecified atom stereocenters. The highest BCUT2D eigenvalue weighted by molar-refractivity contribution is 6.26. The molecule has 0 bridgehead atoms. The van der Waals surface area contributed by atoms with Gasteiger partial charge < -0.3 is 0 Å². The van der Waals surface area contributed by atoms with Crippen molar-refractivity contribution in [3.05, 3.63) is 124 Å². The molecule has 0 aromatic heterocycles. The highest BCUT2D eigenvalue weighted by Gasteiger charge is 2.36. The molecule has 0 saturated heterocycles. The maximum atomic E-state index is 11.7. The average Bonchev–Trinajstić information content (AvgIpc) is 3.13. The lowest BCUT2D eigenvalue weighted by Crippen LogP contribution is -2.15. The van der Waals surface area contributed by atoms with Crippen LogP contribution in [0.1, 0.15) is 25.0 Å². The highest BCUT2D eigenvalue weighted by Crippen LogP contribution is 2.52. The summed E-state index contributed by atoms with van der Waals surface area (Å²) in [6, 6.07) is 35.3. The van der Waals surface area contributed by atoms with Crippen LogP contribution >= 0.6 is 0 Å². The van der Waals surface area contributed by atoms with Crippen LogP contribution in [0.5, 0.6) is 0 Å². The number of fused-ring (bicyclic) bond motifs is 9. The summed E-state index contributed by atoms with van der Waals surface area (Å²) >= 11 is 0. The molecule has 0 N–H and O–H groups in total. The van der Waals surface area contributed by atoms with E-state index in [2.05, 4.69) is 86.6 Å². The van der Waals surface area contributed by atoms with Crippen LogP contribution in [-0.2, 0) is 5.41 Å². The highest BCUT2D eigenvalue weighted by atomic mass is 16.6. The number of rotatable bonds is 2. The summed E-state index contributed by atoms with van der Waals surface area (Å²) in [6.07, 6.45) is 0. The molecule has 3 nitrogen and oxygen atoms in total. The number of nitrogens with zero attached hydrogens (tertiary/aromatic N) is 1. The van der Waals surface area contributed by atoms with Crippen LogP contribution in [0.3, 0.4) is 0 Å². The molecular formula is C33H23NO2. The third kappa shape index (κ3) is 2.74. The Morgan fingerprint density at radius 1 is 0.556 bits per heavy atom. The zero-order valence-corrected chi connectivity index (χ0v) is 20.1. The third-order valence-electron chi connectivity index (χ3n) is 7.95. The molecule has 0 fully saturated rings. The lowest BCUT2D eigenvalue weighted by atomic mass is 9.80. The Balaban J connectivity index is 1.53. The van der Waals surface area contributed by atoms with E-state index in [-0.39, 0.29) is 16.0 Å². The third-order valence-corrected chi connectivity index (χ3v) is 7.95. The van der Waals surface area contributed by atoms with Gasteiger partial charge in [-0.1, -0.05) is 86.6 Å². The summed E-state index contributed by atoms with van der Waals surface area (Å²) in [6.45, 7) is 4.52. The number of nitro groups is 1. The van der Waals surface area contributed by atoms with E-state index < -0.39 is 0 Å². The monoisotopic (exact) mass is 465 g/mol. The smallest absolute Gasteiger partial charge is 0.258 e. The van der Waals surface area contributed by atoms with E-state index in [1.165, 1.54) is 54.6 Å². The van der Waals surface area contributed by atoms with E-state index in [9.17, 15) is 10.1 Å². The van der Waals surface area contributed by atoms with Crippen LogP contribution in [0.2, 0.25) is 0 Å². The minimum absolute atomic E-state index is 0.134. The first-order chi connectivity index (χ1) is 17.4. The molecule has 0 saturated carbocycles. The van der Waals surface area contributed by atoms with Crippen molar-refractivity contribution in [1.29, 1.82) is 0 Å². The molecule has 1 aliphatic rings. The lowest BCUT2D eigenvalue weighted by Gasteiger charge is -2.23. The van der Waals surface area contributed by atoms with Crippen LogP contribution in [0.4, 0.5) is 5.69 Å². The maximum absolute atomic E-state index is 11.7. The van der Waals surface area contributed by atoms with Crippen LogP contribution < -0.4 is 0 Å². The van der Waals surface area contributed by atoms with Gasteiger partial charge in [0.25, 0.3) is 5.69 Å². The topological polar surface area (TPSA) is 43.1 Å². The van der Waals surface area contributed by atoms with Gasteiger partial charge >= 0.3 is 0 Å². The minimum atomic E-state index is -0.300. The van der Waals surface area contributed by atoms with Gasteiger partial charge in [0, 0.05) is 11.5 Å². The van der Waals surface area contributed by atoms with Crippen molar-refractivity contribution in [3.63, 3.8) is 0 Å². The van der Waals surface area contributed by atoms with E-state index in [4.69, 9.17) is 0 Å². The largest absolute Gasteiger partial charge is 0.277 e. The fraction of sp³-hybridized carbons (Fsp3) is 0.0909. The quantitative estimate of drug-likeness (QED) is 0.145. The van der Waals surface area contributed by atoms with Crippen molar-refractivity contribution in [2.45, 2.75) is 19.3 Å². The van der Waals surface area contributed by atoms with Crippen molar-refractivity contribution in [3.8, 4) is 22.3 Å². The summed E-state index contributed by atoms with van der Waals surface area (Å²) in [5, 5.41) is 19.3. The first-order valence-corrected chi connectivity index (χ1v) is 12.2. The van der Waals surface area contributed by atoms with Gasteiger partial charge in [-0.2, -0.15) is 0 Å². The predicted molar refractivity (Wildman–Crippen MR) is 149 cm³/mol. The van der Waals surface area contributed by atoms with Gasteiger partial charge in [0.15, 0.2) is 0 Å². The van der Waals surface area contributed by atoms with Gasteiger partial charge in [0.2, 0.25) is 0 Å². The van der Waals surface area contributed by atoms with Gasteiger partial charge in [0.05, 0.1) is 10.5 Å². The van der Waals surface area contributed by atoms with E-state index in [1.54, 1.807) is 12.1 Å². The predicted octanol–water partition coefficient (Wildman–Crippen LogP) is 9.03. The van der Waals surface area contributed by atoms with E-state index >= 15 is 0 Å². The van der Waals surface area contributed by atoms with E-state index in [0.717, 1.165) is 5.56 Å².